The molecule has 0 atom stereocenters. The highest BCUT2D eigenvalue weighted by molar-refractivity contribution is 14.0. The summed E-state index contributed by atoms with van der Waals surface area (Å²) in [5, 5.41) is 3.12. The first kappa shape index (κ1) is 20.3. The van der Waals surface area contributed by atoms with Gasteiger partial charge in [-0.2, -0.15) is 0 Å². The highest BCUT2D eigenvalue weighted by atomic mass is 127. The summed E-state index contributed by atoms with van der Waals surface area (Å²) >= 11 is 0. The number of aliphatic imine (C=N–C) groups is 1. The molecule has 24 heavy (non-hydrogen) atoms. The maximum atomic E-state index is 5.91. The molecule has 3 N–H and O–H groups in total. The van der Waals surface area contributed by atoms with E-state index < -0.39 is 0 Å². The molecule has 0 unspecified atom stereocenters. The van der Waals surface area contributed by atoms with E-state index in [1.165, 1.54) is 11.1 Å². The molecule has 0 bridgehead atoms. The molecule has 0 spiro atoms. The molecule has 0 heterocycles. The number of halogens is 1. The normalized spacial score (nSPS) is 10.8. The fourth-order valence-corrected chi connectivity index (χ4v) is 2.34. The molecule has 130 valence electrons. The van der Waals surface area contributed by atoms with Crippen molar-refractivity contribution in [3.63, 3.8) is 0 Å². The number of rotatable bonds is 7. The Morgan fingerprint density at radius 3 is 2.54 bits per heavy atom. The topological polar surface area (TPSA) is 59.6 Å². The minimum Gasteiger partial charge on any atom is -0.497 e. The molecule has 2 rings (SSSR count). The minimum absolute atomic E-state index is 0. The summed E-state index contributed by atoms with van der Waals surface area (Å²) in [6.45, 7) is 2.79. The Balaban J connectivity index is 0.00000288. The van der Waals surface area contributed by atoms with Crippen LogP contribution in [-0.2, 0) is 6.42 Å². The summed E-state index contributed by atoms with van der Waals surface area (Å²) in [5.74, 6) is 1.37. The van der Waals surface area contributed by atoms with Crippen molar-refractivity contribution in [1.82, 2.24) is 0 Å². The van der Waals surface area contributed by atoms with Gasteiger partial charge in [-0.05, 0) is 61.6 Å². The standard InChI is InChI=1S/C19H25N3O.HI/c1-15-6-5-8-17(14-15)22-19(20)21-13-4-3-7-16-9-11-18(23-2)12-10-16;/h5-6,8-12,14H,3-4,7,13H2,1-2H3,(H3,20,21,22);1H. The van der Waals surface area contributed by atoms with Crippen LogP contribution in [0, 0.1) is 6.92 Å². The average molecular weight is 439 g/mol. The van der Waals surface area contributed by atoms with Gasteiger partial charge in [-0.3, -0.25) is 4.99 Å². The van der Waals surface area contributed by atoms with Crippen LogP contribution in [0.25, 0.3) is 0 Å². The van der Waals surface area contributed by atoms with Gasteiger partial charge in [-0.25, -0.2) is 0 Å². The summed E-state index contributed by atoms with van der Waals surface area (Å²) in [5.41, 5.74) is 9.40. The van der Waals surface area contributed by atoms with Crippen molar-refractivity contribution in [2.45, 2.75) is 26.2 Å². The van der Waals surface area contributed by atoms with Gasteiger partial charge < -0.3 is 15.8 Å². The second-order valence-electron chi connectivity index (χ2n) is 5.57. The quantitative estimate of drug-likeness (QED) is 0.292. The minimum atomic E-state index is 0. The Morgan fingerprint density at radius 1 is 1.12 bits per heavy atom. The van der Waals surface area contributed by atoms with Crippen LogP contribution in [-0.4, -0.2) is 19.6 Å². The molecule has 2 aromatic carbocycles. The van der Waals surface area contributed by atoms with E-state index in [0.29, 0.717) is 5.96 Å². The third kappa shape index (κ3) is 7.21. The van der Waals surface area contributed by atoms with Gasteiger partial charge in [0.15, 0.2) is 5.96 Å². The molecule has 5 heteroatoms. The fourth-order valence-electron chi connectivity index (χ4n) is 2.34. The monoisotopic (exact) mass is 439 g/mol. The number of nitrogens with one attached hydrogen (secondary N) is 1. The third-order valence-electron chi connectivity index (χ3n) is 3.61. The van der Waals surface area contributed by atoms with E-state index in [1.807, 2.05) is 30.3 Å². The van der Waals surface area contributed by atoms with Crippen molar-refractivity contribution in [2.24, 2.45) is 10.7 Å². The van der Waals surface area contributed by atoms with Gasteiger partial charge in [-0.1, -0.05) is 24.3 Å². The zero-order valence-electron chi connectivity index (χ0n) is 14.3. The summed E-state index contributed by atoms with van der Waals surface area (Å²) in [4.78, 5) is 4.37. The number of unbranched alkanes of at least 4 members (excludes halogenated alkanes) is 1. The van der Waals surface area contributed by atoms with Crippen LogP contribution >= 0.6 is 24.0 Å². The Morgan fingerprint density at radius 2 is 1.88 bits per heavy atom. The van der Waals surface area contributed by atoms with Crippen LogP contribution in [0.1, 0.15) is 24.0 Å². The van der Waals surface area contributed by atoms with E-state index in [4.69, 9.17) is 10.5 Å². The number of nitrogens with two attached hydrogens (primary N) is 1. The van der Waals surface area contributed by atoms with Gasteiger partial charge in [0.25, 0.3) is 0 Å². The number of anilines is 1. The lowest BCUT2D eigenvalue weighted by atomic mass is 10.1. The SMILES string of the molecule is COc1ccc(CCCCN=C(N)Nc2cccc(C)c2)cc1.I. The summed E-state index contributed by atoms with van der Waals surface area (Å²) in [6.07, 6.45) is 3.15. The van der Waals surface area contributed by atoms with E-state index >= 15 is 0 Å². The molecule has 4 nitrogen and oxygen atoms in total. The van der Waals surface area contributed by atoms with Crippen molar-refractivity contribution >= 4 is 35.6 Å². The molecule has 0 aliphatic heterocycles. The molecule has 0 saturated carbocycles. The lowest BCUT2D eigenvalue weighted by molar-refractivity contribution is 0.414. The summed E-state index contributed by atoms with van der Waals surface area (Å²) < 4.78 is 5.16. The van der Waals surface area contributed by atoms with E-state index in [-0.39, 0.29) is 24.0 Å². The molecule has 0 fully saturated rings. The third-order valence-corrected chi connectivity index (χ3v) is 3.61. The molecular weight excluding hydrogens is 413 g/mol. The highest BCUT2D eigenvalue weighted by Crippen LogP contribution is 2.13. The van der Waals surface area contributed by atoms with Crippen LogP contribution < -0.4 is 15.8 Å². The van der Waals surface area contributed by atoms with E-state index in [0.717, 1.165) is 37.2 Å². The van der Waals surface area contributed by atoms with Gasteiger partial charge in [0.05, 0.1) is 7.11 Å². The lowest BCUT2D eigenvalue weighted by Crippen LogP contribution is -2.22. The zero-order valence-corrected chi connectivity index (χ0v) is 16.6. The van der Waals surface area contributed by atoms with Crippen LogP contribution in [0.2, 0.25) is 0 Å². The molecule has 0 amide bonds. The van der Waals surface area contributed by atoms with Gasteiger partial charge in [-0.15, -0.1) is 24.0 Å². The average Bonchev–Trinajstić information content (AvgIpc) is 2.55. The zero-order chi connectivity index (χ0) is 16.5. The van der Waals surface area contributed by atoms with Crippen LogP contribution in [0.3, 0.4) is 0 Å². The number of benzene rings is 2. The van der Waals surface area contributed by atoms with Crippen LogP contribution in [0.15, 0.2) is 53.5 Å². The molecule has 0 aliphatic rings. The molecule has 2 aromatic rings. The van der Waals surface area contributed by atoms with Gasteiger partial charge in [0, 0.05) is 12.2 Å². The fraction of sp³-hybridized carbons (Fsp3) is 0.316. The van der Waals surface area contributed by atoms with Gasteiger partial charge >= 0.3 is 0 Å². The Hall–Kier alpha value is -1.76. The first-order chi connectivity index (χ1) is 11.2. The summed E-state index contributed by atoms with van der Waals surface area (Å²) in [6, 6.07) is 16.3. The van der Waals surface area contributed by atoms with E-state index in [2.05, 4.69) is 35.4 Å². The largest absolute Gasteiger partial charge is 0.497 e. The van der Waals surface area contributed by atoms with Crippen molar-refractivity contribution < 1.29 is 4.74 Å². The maximum Gasteiger partial charge on any atom is 0.193 e. The second kappa shape index (κ2) is 10.9. The number of aryl methyl sites for hydroxylation is 2. The molecule has 0 aliphatic carbocycles. The van der Waals surface area contributed by atoms with Crippen molar-refractivity contribution in [1.29, 1.82) is 0 Å². The Bertz CT molecular complexity index is 641. The predicted molar refractivity (Wildman–Crippen MR) is 113 cm³/mol. The number of hydrogen-bond donors (Lipinski definition) is 2. The molecule has 0 radical (unpaired) electrons. The van der Waals surface area contributed by atoms with Crippen molar-refractivity contribution in [2.75, 3.05) is 19.0 Å². The molecule has 0 saturated heterocycles. The van der Waals surface area contributed by atoms with Gasteiger partial charge in [0.1, 0.15) is 5.75 Å². The van der Waals surface area contributed by atoms with Crippen molar-refractivity contribution in [3.05, 3.63) is 59.7 Å². The van der Waals surface area contributed by atoms with Crippen LogP contribution in [0.5, 0.6) is 5.75 Å². The van der Waals surface area contributed by atoms with Crippen molar-refractivity contribution in [3.8, 4) is 5.75 Å². The number of hydrogen-bond acceptors (Lipinski definition) is 2. The highest BCUT2D eigenvalue weighted by Gasteiger charge is 1.97. The lowest BCUT2D eigenvalue weighted by Gasteiger charge is -2.06. The first-order valence-corrected chi connectivity index (χ1v) is 7.94. The first-order valence-electron chi connectivity index (χ1n) is 7.94. The number of nitrogens with zero attached hydrogens (tertiary/aromatic N) is 1. The van der Waals surface area contributed by atoms with Crippen LogP contribution in [0.4, 0.5) is 5.69 Å². The Kier molecular flexibility index (Phi) is 9.22. The molecular formula is C19H26IN3O. The summed E-state index contributed by atoms with van der Waals surface area (Å²) in [7, 11) is 1.68. The van der Waals surface area contributed by atoms with Gasteiger partial charge in [0.2, 0.25) is 0 Å². The Labute approximate surface area is 161 Å². The number of methoxy groups -OCH3 is 1. The van der Waals surface area contributed by atoms with E-state index in [1.54, 1.807) is 7.11 Å². The smallest absolute Gasteiger partial charge is 0.193 e. The number of guanidine groups is 1. The second-order valence-corrected chi connectivity index (χ2v) is 5.57. The molecule has 0 aromatic heterocycles. The van der Waals surface area contributed by atoms with E-state index in [9.17, 15) is 0 Å². The number of ether oxygens (including phenoxy) is 1. The maximum absolute atomic E-state index is 5.91. The predicted octanol–water partition coefficient (Wildman–Crippen LogP) is 4.37.